The van der Waals surface area contributed by atoms with E-state index in [-0.39, 0.29) is 41.4 Å². The van der Waals surface area contributed by atoms with Crippen molar-refractivity contribution >= 4 is 42.3 Å². The maximum Gasteiger partial charge on any atom is 0.573 e. The van der Waals surface area contributed by atoms with Crippen molar-refractivity contribution < 1.29 is 36.7 Å². The molecule has 42 heavy (non-hydrogen) atoms. The number of halogens is 4. The van der Waals surface area contributed by atoms with E-state index in [1.54, 1.807) is 0 Å². The fourth-order valence-corrected chi connectivity index (χ4v) is 5.66. The lowest BCUT2D eigenvalue weighted by Crippen LogP contribution is -2.65. The summed E-state index contributed by atoms with van der Waals surface area (Å²) in [5.41, 5.74) is -1.33. The van der Waals surface area contributed by atoms with Gasteiger partial charge in [0.25, 0.3) is 17.0 Å². The van der Waals surface area contributed by atoms with Crippen molar-refractivity contribution in [3.8, 4) is 5.75 Å². The van der Waals surface area contributed by atoms with Gasteiger partial charge in [0.15, 0.2) is 0 Å². The van der Waals surface area contributed by atoms with Gasteiger partial charge in [-0.15, -0.1) is 35.8 Å². The van der Waals surface area contributed by atoms with Crippen LogP contribution in [0.5, 0.6) is 5.75 Å². The number of carbonyl (C=O) groups is 3. The zero-order chi connectivity index (χ0) is 30.2. The molecule has 1 heterocycles. The van der Waals surface area contributed by atoms with Gasteiger partial charge in [-0.3, -0.25) is 14.4 Å². The first-order chi connectivity index (χ1) is 19.3. The van der Waals surface area contributed by atoms with Crippen molar-refractivity contribution in [3.63, 3.8) is 0 Å². The molecule has 1 unspecified atom stereocenters. The topological polar surface area (TPSA) is 118 Å². The number of thioether (sulfide) groups is 1. The second kappa shape index (κ2) is 15.6. The lowest BCUT2D eigenvalue weighted by molar-refractivity contribution is -0.274. The number of amides is 2. The van der Waals surface area contributed by atoms with E-state index >= 15 is 0 Å². The molecule has 1 atom stereocenters. The van der Waals surface area contributed by atoms with Crippen LogP contribution in [-0.4, -0.2) is 82.6 Å². The van der Waals surface area contributed by atoms with Crippen molar-refractivity contribution in [1.29, 1.82) is 0 Å². The molecule has 0 saturated heterocycles. The third kappa shape index (κ3) is 9.87. The summed E-state index contributed by atoms with van der Waals surface area (Å²) in [5, 5.41) is 11.0. The lowest BCUT2D eigenvalue weighted by atomic mass is 9.84. The van der Waals surface area contributed by atoms with Crippen LogP contribution in [0, 0.1) is 5.92 Å². The largest absolute Gasteiger partial charge is 0.573 e. The van der Waals surface area contributed by atoms with Gasteiger partial charge < -0.3 is 24.3 Å². The molecular formula is C27H37ClF3N5O5S. The number of benzene rings is 1. The van der Waals surface area contributed by atoms with Gasteiger partial charge in [0.2, 0.25) is 12.2 Å². The van der Waals surface area contributed by atoms with Gasteiger partial charge in [0, 0.05) is 17.9 Å². The zero-order valence-corrected chi connectivity index (χ0v) is 25.6. The Balaban J connectivity index is 0.00000616. The van der Waals surface area contributed by atoms with Crippen LogP contribution in [0.2, 0.25) is 0 Å². The first-order valence-corrected chi connectivity index (χ1v) is 14.4. The van der Waals surface area contributed by atoms with Gasteiger partial charge in [-0.1, -0.05) is 38.1 Å². The predicted molar refractivity (Wildman–Crippen MR) is 153 cm³/mol. The third-order valence-electron chi connectivity index (χ3n) is 6.68. The number of carbonyl (C=O) groups excluding carboxylic acids is 3. The summed E-state index contributed by atoms with van der Waals surface area (Å²) in [6.45, 7) is 4.56. The second-order valence-electron chi connectivity index (χ2n) is 10.7. The number of ether oxygens (including phenoxy) is 1. The van der Waals surface area contributed by atoms with E-state index in [1.165, 1.54) is 28.8 Å². The SMILES string of the molecule is CC(C)CC(C(=O)c1nnc(SCCN(C)C)o1)N(C=O)C1(NC(=O)c2cccc(OC(F)(F)F)c2)CCCCC1.Cl. The Bertz CT molecular complexity index is 1190. The molecule has 1 N–H and O–H groups in total. The smallest absolute Gasteiger partial charge is 0.408 e. The lowest BCUT2D eigenvalue weighted by Gasteiger charge is -2.48. The molecule has 1 aliphatic rings. The number of ketones is 1. The average molecular weight is 636 g/mol. The first-order valence-electron chi connectivity index (χ1n) is 13.4. The zero-order valence-electron chi connectivity index (χ0n) is 24.0. The van der Waals surface area contributed by atoms with Gasteiger partial charge in [0.1, 0.15) is 17.5 Å². The van der Waals surface area contributed by atoms with Crippen LogP contribution in [0.4, 0.5) is 13.2 Å². The highest BCUT2D eigenvalue weighted by molar-refractivity contribution is 7.99. The molecule has 0 spiro atoms. The Labute approximate surface area is 253 Å². The summed E-state index contributed by atoms with van der Waals surface area (Å²) < 4.78 is 47.8. The Kier molecular flexibility index (Phi) is 13.1. The van der Waals surface area contributed by atoms with Gasteiger partial charge in [-0.2, -0.15) is 0 Å². The molecule has 0 aliphatic heterocycles. The molecule has 2 aromatic rings. The molecule has 15 heteroatoms. The fourth-order valence-electron chi connectivity index (χ4n) is 4.79. The van der Waals surface area contributed by atoms with E-state index in [0.717, 1.165) is 25.1 Å². The summed E-state index contributed by atoms with van der Waals surface area (Å²) in [4.78, 5) is 43.1. The number of alkyl halides is 3. The van der Waals surface area contributed by atoms with Crippen molar-refractivity contribution in [2.75, 3.05) is 26.4 Å². The third-order valence-corrected chi connectivity index (χ3v) is 7.48. The fraction of sp³-hybridized carbons (Fsp3) is 0.593. The highest BCUT2D eigenvalue weighted by Gasteiger charge is 2.45. The summed E-state index contributed by atoms with van der Waals surface area (Å²) in [7, 11) is 3.86. The Morgan fingerprint density at radius 1 is 1.19 bits per heavy atom. The Morgan fingerprint density at radius 3 is 2.48 bits per heavy atom. The summed E-state index contributed by atoms with van der Waals surface area (Å²) in [6.07, 6.45) is -1.22. The van der Waals surface area contributed by atoms with E-state index in [9.17, 15) is 27.6 Å². The van der Waals surface area contributed by atoms with Crippen LogP contribution in [0.15, 0.2) is 33.9 Å². The van der Waals surface area contributed by atoms with E-state index in [4.69, 9.17) is 4.42 Å². The van der Waals surface area contributed by atoms with Gasteiger partial charge >= 0.3 is 6.36 Å². The number of aromatic nitrogens is 2. The molecule has 2 amide bonds. The second-order valence-corrected chi connectivity index (χ2v) is 11.7. The molecule has 0 radical (unpaired) electrons. The van der Waals surface area contributed by atoms with Crippen LogP contribution in [0.3, 0.4) is 0 Å². The standard InChI is InChI=1S/C27H36F3N5O5S.ClH/c1-18(2)15-21(22(37)24-32-33-25(39-24)41-14-13-34(3)4)35(17-36)26(11-6-5-7-12-26)31-23(38)19-9-8-10-20(16-19)40-27(28,29)30;/h8-10,16-18,21H,5-7,11-15H2,1-4H3,(H,31,38);1H. The molecule has 1 aromatic heterocycles. The highest BCUT2D eigenvalue weighted by atomic mass is 35.5. The molecule has 1 saturated carbocycles. The number of hydrogen-bond donors (Lipinski definition) is 1. The number of nitrogens with zero attached hydrogens (tertiary/aromatic N) is 4. The minimum absolute atomic E-state index is 0. The van der Waals surface area contributed by atoms with Crippen molar-refractivity contribution in [2.45, 2.75) is 75.7 Å². The number of hydrogen-bond acceptors (Lipinski definition) is 9. The maximum atomic E-state index is 13.7. The van der Waals surface area contributed by atoms with E-state index in [1.807, 2.05) is 32.8 Å². The quantitative estimate of drug-likeness (QED) is 0.129. The van der Waals surface area contributed by atoms with E-state index < -0.39 is 35.5 Å². The van der Waals surface area contributed by atoms with Crippen LogP contribution in [0.25, 0.3) is 0 Å². The van der Waals surface area contributed by atoms with Crippen LogP contribution in [-0.2, 0) is 4.79 Å². The molecule has 234 valence electrons. The van der Waals surface area contributed by atoms with Gasteiger partial charge in [-0.05, 0) is 70.3 Å². The molecule has 0 bridgehead atoms. The summed E-state index contributed by atoms with van der Waals surface area (Å²) >= 11 is 1.31. The average Bonchev–Trinajstić information content (AvgIpc) is 3.36. The minimum atomic E-state index is -4.92. The summed E-state index contributed by atoms with van der Waals surface area (Å²) in [6, 6.07) is 3.68. The normalized spacial score (nSPS) is 15.5. The van der Waals surface area contributed by atoms with E-state index in [2.05, 4.69) is 20.3 Å². The molecule has 1 aromatic carbocycles. The van der Waals surface area contributed by atoms with Crippen LogP contribution >= 0.6 is 24.2 Å². The molecule has 10 nitrogen and oxygen atoms in total. The van der Waals surface area contributed by atoms with E-state index in [0.29, 0.717) is 37.8 Å². The van der Waals surface area contributed by atoms with Crippen molar-refractivity contribution in [1.82, 2.24) is 25.3 Å². The van der Waals surface area contributed by atoms with Crippen LogP contribution < -0.4 is 10.1 Å². The molecule has 1 fully saturated rings. The molecular weight excluding hydrogens is 599 g/mol. The van der Waals surface area contributed by atoms with Gasteiger partial charge in [-0.25, -0.2) is 0 Å². The number of nitrogens with one attached hydrogen (secondary N) is 1. The summed E-state index contributed by atoms with van der Waals surface area (Å²) in [5.74, 6) is -1.36. The minimum Gasteiger partial charge on any atom is -0.408 e. The Morgan fingerprint density at radius 2 is 1.88 bits per heavy atom. The Hall–Kier alpha value is -2.84. The van der Waals surface area contributed by atoms with Crippen molar-refractivity contribution in [2.24, 2.45) is 5.92 Å². The first kappa shape index (κ1) is 35.4. The van der Waals surface area contributed by atoms with Crippen molar-refractivity contribution in [3.05, 3.63) is 35.7 Å². The van der Waals surface area contributed by atoms with Crippen LogP contribution in [0.1, 0.15) is 73.4 Å². The maximum absolute atomic E-state index is 13.7. The molecule has 1 aliphatic carbocycles. The number of rotatable bonds is 14. The van der Waals surface area contributed by atoms with Gasteiger partial charge in [0.05, 0.1) is 0 Å². The predicted octanol–water partition coefficient (Wildman–Crippen LogP) is 5.19. The number of Topliss-reactive ketones (excluding diaryl/α,β-unsaturated/α-hetero) is 1. The highest BCUT2D eigenvalue weighted by Crippen LogP contribution is 2.35. The monoisotopic (exact) mass is 635 g/mol. The molecule has 3 rings (SSSR count).